The van der Waals surface area contributed by atoms with Crippen LogP contribution in [0.5, 0.6) is 0 Å². The van der Waals surface area contributed by atoms with E-state index in [0.717, 1.165) is 12.7 Å². The lowest BCUT2D eigenvalue weighted by Crippen LogP contribution is -2.04. The molecule has 0 heterocycles. The van der Waals surface area contributed by atoms with E-state index in [1.54, 1.807) is 0 Å². The highest BCUT2D eigenvalue weighted by Crippen LogP contribution is 2.25. The van der Waals surface area contributed by atoms with Crippen LogP contribution in [-0.2, 0) is 4.79 Å². The molecule has 0 aliphatic heterocycles. The number of hydrogen-bond donors (Lipinski definition) is 0. The van der Waals surface area contributed by atoms with Crippen molar-refractivity contribution >= 4 is 6.29 Å². The topological polar surface area (TPSA) is 17.1 Å². The molecule has 1 unspecified atom stereocenters. The second-order valence-electron chi connectivity index (χ2n) is 3.96. The van der Waals surface area contributed by atoms with Crippen LogP contribution in [0, 0.1) is 20.8 Å². The minimum Gasteiger partial charge on any atom is -0.303 e. The van der Waals surface area contributed by atoms with Gasteiger partial charge in [-0.25, -0.2) is 0 Å². The van der Waals surface area contributed by atoms with Crippen LogP contribution in [0.15, 0.2) is 12.1 Å². The first-order valence-corrected chi connectivity index (χ1v) is 5.13. The largest absolute Gasteiger partial charge is 0.303 e. The summed E-state index contributed by atoms with van der Waals surface area (Å²) < 4.78 is 0. The normalized spacial score (nSPS) is 12.6. The molecule has 1 nitrogen and oxygen atoms in total. The molecule has 1 aromatic carbocycles. The van der Waals surface area contributed by atoms with Gasteiger partial charge in [-0.1, -0.05) is 24.6 Å². The summed E-state index contributed by atoms with van der Waals surface area (Å²) in [7, 11) is 0. The van der Waals surface area contributed by atoms with Gasteiger partial charge in [0, 0.05) is 5.92 Å². The molecule has 0 N–H and O–H groups in total. The average Bonchev–Trinajstić information content (AvgIpc) is 2.10. The summed E-state index contributed by atoms with van der Waals surface area (Å²) >= 11 is 0. The van der Waals surface area contributed by atoms with Crippen molar-refractivity contribution in [1.82, 2.24) is 0 Å². The van der Waals surface area contributed by atoms with Crippen molar-refractivity contribution in [1.29, 1.82) is 0 Å². The van der Waals surface area contributed by atoms with Gasteiger partial charge in [0.25, 0.3) is 0 Å². The lowest BCUT2D eigenvalue weighted by molar-refractivity contribution is -0.109. The lowest BCUT2D eigenvalue weighted by Gasteiger charge is -2.15. The number of hydrogen-bond acceptors (Lipinski definition) is 1. The van der Waals surface area contributed by atoms with Crippen LogP contribution in [0.2, 0.25) is 0 Å². The Morgan fingerprint density at radius 1 is 1.21 bits per heavy atom. The van der Waals surface area contributed by atoms with E-state index in [9.17, 15) is 4.79 Å². The molecular weight excluding hydrogens is 172 g/mol. The number of carbonyl (C=O) groups is 1. The Morgan fingerprint density at radius 3 is 2.07 bits per heavy atom. The molecule has 0 radical (unpaired) electrons. The fourth-order valence-corrected chi connectivity index (χ4v) is 2.14. The quantitative estimate of drug-likeness (QED) is 0.668. The molecule has 1 rings (SSSR count). The van der Waals surface area contributed by atoms with Crippen molar-refractivity contribution in [2.24, 2.45) is 0 Å². The minimum absolute atomic E-state index is 0.0654. The third-order valence-corrected chi connectivity index (χ3v) is 2.71. The maximum Gasteiger partial charge on any atom is 0.127 e. The van der Waals surface area contributed by atoms with E-state index in [1.807, 2.05) is 0 Å². The molecule has 0 fully saturated rings. The minimum atomic E-state index is 0.0654. The summed E-state index contributed by atoms with van der Waals surface area (Å²) in [6.07, 6.45) is 1.94. The first-order chi connectivity index (χ1) is 6.60. The summed E-state index contributed by atoms with van der Waals surface area (Å²) in [4.78, 5) is 10.9. The van der Waals surface area contributed by atoms with Gasteiger partial charge >= 0.3 is 0 Å². The Kier molecular flexibility index (Phi) is 3.45. The van der Waals surface area contributed by atoms with E-state index in [-0.39, 0.29) is 5.92 Å². The average molecular weight is 190 g/mol. The zero-order chi connectivity index (χ0) is 10.7. The van der Waals surface area contributed by atoms with Crippen molar-refractivity contribution in [3.05, 3.63) is 34.4 Å². The summed E-state index contributed by atoms with van der Waals surface area (Å²) in [6.45, 7) is 8.31. The fourth-order valence-electron chi connectivity index (χ4n) is 2.14. The van der Waals surface area contributed by atoms with Crippen molar-refractivity contribution in [2.45, 2.75) is 40.0 Å². The van der Waals surface area contributed by atoms with Gasteiger partial charge in [-0.05, 0) is 43.9 Å². The molecular formula is C13H18O. The SMILES string of the molecule is CCC(C=O)c1c(C)cc(C)cc1C. The van der Waals surface area contributed by atoms with Gasteiger partial charge < -0.3 is 4.79 Å². The van der Waals surface area contributed by atoms with Crippen molar-refractivity contribution in [2.75, 3.05) is 0 Å². The molecule has 0 aliphatic carbocycles. The summed E-state index contributed by atoms with van der Waals surface area (Å²) in [5, 5.41) is 0. The first-order valence-electron chi connectivity index (χ1n) is 5.13. The number of aldehydes is 1. The van der Waals surface area contributed by atoms with E-state index in [4.69, 9.17) is 0 Å². The third-order valence-electron chi connectivity index (χ3n) is 2.71. The zero-order valence-corrected chi connectivity index (χ0v) is 9.42. The number of rotatable bonds is 3. The van der Waals surface area contributed by atoms with Crippen LogP contribution >= 0.6 is 0 Å². The molecule has 0 aliphatic rings. The molecule has 1 atom stereocenters. The summed E-state index contributed by atoms with van der Waals surface area (Å²) in [5.41, 5.74) is 4.96. The van der Waals surface area contributed by atoms with Gasteiger partial charge in [-0.2, -0.15) is 0 Å². The van der Waals surface area contributed by atoms with Crippen LogP contribution in [0.1, 0.15) is 41.5 Å². The lowest BCUT2D eigenvalue weighted by atomic mass is 9.89. The molecule has 0 aromatic heterocycles. The summed E-state index contributed by atoms with van der Waals surface area (Å²) in [5.74, 6) is 0.0654. The van der Waals surface area contributed by atoms with Gasteiger partial charge in [0.1, 0.15) is 6.29 Å². The highest BCUT2D eigenvalue weighted by molar-refractivity contribution is 5.64. The zero-order valence-electron chi connectivity index (χ0n) is 9.42. The van der Waals surface area contributed by atoms with Crippen LogP contribution in [0.3, 0.4) is 0 Å². The maximum atomic E-state index is 10.9. The molecule has 1 heteroatoms. The van der Waals surface area contributed by atoms with Gasteiger partial charge in [-0.15, -0.1) is 0 Å². The third kappa shape index (κ3) is 2.03. The number of benzene rings is 1. The van der Waals surface area contributed by atoms with Crippen LogP contribution in [0.25, 0.3) is 0 Å². The Labute approximate surface area is 86.1 Å². The Hall–Kier alpha value is -1.11. The van der Waals surface area contributed by atoms with Crippen LogP contribution < -0.4 is 0 Å². The predicted molar refractivity (Wildman–Crippen MR) is 59.7 cm³/mol. The predicted octanol–water partition coefficient (Wildman–Crippen LogP) is 3.30. The van der Waals surface area contributed by atoms with Gasteiger partial charge in [0.2, 0.25) is 0 Å². The Morgan fingerprint density at radius 2 is 1.71 bits per heavy atom. The van der Waals surface area contributed by atoms with Gasteiger partial charge in [0.05, 0.1) is 0 Å². The second-order valence-corrected chi connectivity index (χ2v) is 3.96. The Bertz CT molecular complexity index is 316. The number of aryl methyl sites for hydroxylation is 3. The van der Waals surface area contributed by atoms with E-state index in [1.165, 1.54) is 22.3 Å². The fraction of sp³-hybridized carbons (Fsp3) is 0.462. The van der Waals surface area contributed by atoms with Crippen molar-refractivity contribution < 1.29 is 4.79 Å². The molecule has 76 valence electrons. The standard InChI is InChI=1S/C13H18O/c1-5-12(8-14)13-10(3)6-9(2)7-11(13)4/h6-8,12H,5H2,1-4H3. The molecule has 0 saturated heterocycles. The highest BCUT2D eigenvalue weighted by atomic mass is 16.1. The molecule has 0 spiro atoms. The van der Waals surface area contributed by atoms with E-state index in [2.05, 4.69) is 39.8 Å². The van der Waals surface area contributed by atoms with Crippen molar-refractivity contribution in [3.8, 4) is 0 Å². The highest BCUT2D eigenvalue weighted by Gasteiger charge is 2.13. The molecule has 0 saturated carbocycles. The second kappa shape index (κ2) is 4.41. The van der Waals surface area contributed by atoms with E-state index in [0.29, 0.717) is 0 Å². The summed E-state index contributed by atoms with van der Waals surface area (Å²) in [6, 6.07) is 4.29. The van der Waals surface area contributed by atoms with Crippen LogP contribution in [0.4, 0.5) is 0 Å². The van der Waals surface area contributed by atoms with Gasteiger partial charge in [-0.3, -0.25) is 0 Å². The molecule has 0 bridgehead atoms. The first kappa shape index (κ1) is 11.0. The maximum absolute atomic E-state index is 10.9. The van der Waals surface area contributed by atoms with E-state index >= 15 is 0 Å². The van der Waals surface area contributed by atoms with Gasteiger partial charge in [0.15, 0.2) is 0 Å². The number of carbonyl (C=O) groups excluding carboxylic acids is 1. The molecule has 14 heavy (non-hydrogen) atoms. The van der Waals surface area contributed by atoms with E-state index < -0.39 is 0 Å². The monoisotopic (exact) mass is 190 g/mol. The van der Waals surface area contributed by atoms with Crippen LogP contribution in [-0.4, -0.2) is 6.29 Å². The smallest absolute Gasteiger partial charge is 0.127 e. The van der Waals surface area contributed by atoms with Crippen molar-refractivity contribution in [3.63, 3.8) is 0 Å². The molecule has 0 amide bonds. The Balaban J connectivity index is 3.25. The molecule has 1 aromatic rings.